The van der Waals surface area contributed by atoms with Gasteiger partial charge < -0.3 is 15.4 Å². The molecule has 1 heterocycles. The lowest BCUT2D eigenvalue weighted by molar-refractivity contribution is 0.0527. The van der Waals surface area contributed by atoms with E-state index in [-0.39, 0.29) is 5.97 Å². The van der Waals surface area contributed by atoms with Crippen LogP contribution in [0.15, 0.2) is 18.2 Å². The van der Waals surface area contributed by atoms with Crippen molar-refractivity contribution >= 4 is 17.3 Å². The molecule has 2 N–H and O–H groups in total. The van der Waals surface area contributed by atoms with E-state index >= 15 is 0 Å². The number of ether oxygens (including phenoxy) is 1. The molecule has 1 unspecified atom stereocenters. The fourth-order valence-corrected chi connectivity index (χ4v) is 2.69. The highest BCUT2D eigenvalue weighted by Gasteiger charge is 2.25. The summed E-state index contributed by atoms with van der Waals surface area (Å²) >= 11 is 0. The third kappa shape index (κ3) is 2.83. The molecule has 1 saturated heterocycles. The monoisotopic (exact) mass is 262 g/mol. The molecule has 1 fully saturated rings. The van der Waals surface area contributed by atoms with E-state index in [0.29, 0.717) is 23.9 Å². The standard InChI is InChI=1S/C15H22N2O2/c1-3-19-15(18)12-8-6-9-13(16)14(12)17-10-5-4-7-11(17)2/h6,8-9,11H,3-5,7,10,16H2,1-2H3. The predicted octanol–water partition coefficient (Wildman–Crippen LogP) is 2.82. The van der Waals surface area contributed by atoms with Crippen molar-refractivity contribution < 1.29 is 9.53 Å². The number of carbonyl (C=O) groups is 1. The zero-order valence-corrected chi connectivity index (χ0v) is 11.7. The van der Waals surface area contributed by atoms with Crippen molar-refractivity contribution in [3.05, 3.63) is 23.8 Å². The summed E-state index contributed by atoms with van der Waals surface area (Å²) in [5, 5.41) is 0. The van der Waals surface area contributed by atoms with Crippen molar-refractivity contribution in [1.29, 1.82) is 0 Å². The van der Waals surface area contributed by atoms with Gasteiger partial charge >= 0.3 is 5.97 Å². The van der Waals surface area contributed by atoms with E-state index in [4.69, 9.17) is 10.5 Å². The van der Waals surface area contributed by atoms with Gasteiger partial charge in [0.25, 0.3) is 0 Å². The number of nitrogens with two attached hydrogens (primary N) is 1. The van der Waals surface area contributed by atoms with E-state index in [9.17, 15) is 4.79 Å². The van der Waals surface area contributed by atoms with E-state index in [1.807, 2.05) is 13.0 Å². The Morgan fingerprint density at radius 1 is 1.47 bits per heavy atom. The van der Waals surface area contributed by atoms with Crippen LogP contribution in [0, 0.1) is 0 Å². The van der Waals surface area contributed by atoms with Crippen LogP contribution in [-0.4, -0.2) is 25.2 Å². The number of benzene rings is 1. The second kappa shape index (κ2) is 5.95. The summed E-state index contributed by atoms with van der Waals surface area (Å²) in [4.78, 5) is 14.3. The number of nitrogens with zero attached hydrogens (tertiary/aromatic N) is 1. The Balaban J connectivity index is 2.39. The number of para-hydroxylation sites is 1. The maximum Gasteiger partial charge on any atom is 0.340 e. The van der Waals surface area contributed by atoms with Gasteiger partial charge in [0, 0.05) is 12.6 Å². The molecule has 0 spiro atoms. The highest BCUT2D eigenvalue weighted by atomic mass is 16.5. The van der Waals surface area contributed by atoms with Gasteiger partial charge in [-0.05, 0) is 45.2 Å². The molecule has 104 valence electrons. The normalized spacial score (nSPS) is 19.3. The van der Waals surface area contributed by atoms with Gasteiger partial charge in [0.15, 0.2) is 0 Å². The Morgan fingerprint density at radius 3 is 2.95 bits per heavy atom. The van der Waals surface area contributed by atoms with Gasteiger partial charge in [-0.1, -0.05) is 6.07 Å². The number of hydrogen-bond acceptors (Lipinski definition) is 4. The van der Waals surface area contributed by atoms with Crippen molar-refractivity contribution in [1.82, 2.24) is 0 Å². The minimum absolute atomic E-state index is 0.289. The van der Waals surface area contributed by atoms with Crippen LogP contribution >= 0.6 is 0 Å². The summed E-state index contributed by atoms with van der Waals surface area (Å²) in [6.45, 7) is 5.32. The van der Waals surface area contributed by atoms with Crippen molar-refractivity contribution in [3.63, 3.8) is 0 Å². The summed E-state index contributed by atoms with van der Waals surface area (Å²) in [6.07, 6.45) is 3.51. The number of piperidine rings is 1. The van der Waals surface area contributed by atoms with Crippen molar-refractivity contribution in [2.45, 2.75) is 39.2 Å². The minimum atomic E-state index is -0.289. The number of nitrogen functional groups attached to an aromatic ring is 1. The lowest BCUT2D eigenvalue weighted by Crippen LogP contribution is -2.39. The highest BCUT2D eigenvalue weighted by Crippen LogP contribution is 2.33. The summed E-state index contributed by atoms with van der Waals surface area (Å²) < 4.78 is 5.13. The molecule has 1 aromatic rings. The number of hydrogen-bond donors (Lipinski definition) is 1. The fraction of sp³-hybridized carbons (Fsp3) is 0.533. The Labute approximate surface area is 114 Å². The first kappa shape index (κ1) is 13.7. The first-order valence-electron chi connectivity index (χ1n) is 6.97. The van der Waals surface area contributed by atoms with Crippen molar-refractivity contribution in [3.8, 4) is 0 Å². The van der Waals surface area contributed by atoms with Gasteiger partial charge in [-0.2, -0.15) is 0 Å². The second-order valence-electron chi connectivity index (χ2n) is 5.00. The fourth-order valence-electron chi connectivity index (χ4n) is 2.69. The molecule has 0 aromatic heterocycles. The van der Waals surface area contributed by atoms with Gasteiger partial charge in [-0.25, -0.2) is 4.79 Å². The molecule has 0 amide bonds. The molecular weight excluding hydrogens is 240 g/mol. The number of anilines is 2. The Morgan fingerprint density at radius 2 is 2.26 bits per heavy atom. The van der Waals surface area contributed by atoms with Crippen LogP contribution in [0.25, 0.3) is 0 Å². The van der Waals surface area contributed by atoms with Crippen LogP contribution < -0.4 is 10.6 Å². The zero-order valence-electron chi connectivity index (χ0n) is 11.7. The summed E-state index contributed by atoms with van der Waals surface area (Å²) in [6, 6.07) is 5.86. The van der Waals surface area contributed by atoms with Crippen molar-refractivity contribution in [2.24, 2.45) is 0 Å². The lowest BCUT2D eigenvalue weighted by Gasteiger charge is -2.37. The molecular formula is C15H22N2O2. The maximum atomic E-state index is 12.1. The molecule has 0 saturated carbocycles. The SMILES string of the molecule is CCOC(=O)c1cccc(N)c1N1CCCCC1C. The van der Waals surface area contributed by atoms with Crippen LogP contribution in [0.1, 0.15) is 43.5 Å². The van der Waals surface area contributed by atoms with Gasteiger partial charge in [0.05, 0.1) is 23.5 Å². The van der Waals surface area contributed by atoms with Crippen molar-refractivity contribution in [2.75, 3.05) is 23.8 Å². The third-order valence-corrected chi connectivity index (χ3v) is 3.65. The smallest absolute Gasteiger partial charge is 0.340 e. The summed E-state index contributed by atoms with van der Waals surface area (Å²) in [5.41, 5.74) is 8.17. The Hall–Kier alpha value is -1.71. The van der Waals surface area contributed by atoms with E-state index in [2.05, 4.69) is 11.8 Å². The largest absolute Gasteiger partial charge is 0.462 e. The molecule has 19 heavy (non-hydrogen) atoms. The topological polar surface area (TPSA) is 55.6 Å². The van der Waals surface area contributed by atoms with Gasteiger partial charge in [0.1, 0.15) is 0 Å². The molecule has 1 atom stereocenters. The molecule has 4 nitrogen and oxygen atoms in total. The molecule has 1 aliphatic rings. The summed E-state index contributed by atoms with van der Waals surface area (Å²) in [5.74, 6) is -0.289. The number of carbonyl (C=O) groups excluding carboxylic acids is 1. The molecule has 2 rings (SSSR count). The van der Waals surface area contributed by atoms with E-state index < -0.39 is 0 Å². The summed E-state index contributed by atoms with van der Waals surface area (Å²) in [7, 11) is 0. The first-order valence-corrected chi connectivity index (χ1v) is 6.97. The average molecular weight is 262 g/mol. The third-order valence-electron chi connectivity index (χ3n) is 3.65. The van der Waals surface area contributed by atoms with E-state index in [0.717, 1.165) is 25.1 Å². The van der Waals surface area contributed by atoms with Crippen LogP contribution in [0.5, 0.6) is 0 Å². The van der Waals surface area contributed by atoms with Crippen LogP contribution in [-0.2, 0) is 4.74 Å². The molecule has 4 heteroatoms. The van der Waals surface area contributed by atoms with Crippen LogP contribution in [0.2, 0.25) is 0 Å². The average Bonchev–Trinajstić information content (AvgIpc) is 2.40. The molecule has 1 aromatic carbocycles. The quantitative estimate of drug-likeness (QED) is 0.672. The predicted molar refractivity (Wildman–Crippen MR) is 77.5 cm³/mol. The number of esters is 1. The van der Waals surface area contributed by atoms with Crippen LogP contribution in [0.3, 0.4) is 0 Å². The zero-order chi connectivity index (χ0) is 13.8. The second-order valence-corrected chi connectivity index (χ2v) is 5.00. The first-order chi connectivity index (χ1) is 9.15. The molecule has 0 bridgehead atoms. The van der Waals surface area contributed by atoms with E-state index in [1.54, 1.807) is 12.1 Å². The lowest BCUT2D eigenvalue weighted by atomic mass is 10.0. The van der Waals surface area contributed by atoms with Gasteiger partial charge in [-0.15, -0.1) is 0 Å². The van der Waals surface area contributed by atoms with Gasteiger partial charge in [0.2, 0.25) is 0 Å². The van der Waals surface area contributed by atoms with E-state index in [1.165, 1.54) is 6.42 Å². The highest BCUT2D eigenvalue weighted by molar-refractivity contribution is 5.99. The molecule has 0 radical (unpaired) electrons. The molecule has 1 aliphatic heterocycles. The van der Waals surface area contributed by atoms with Gasteiger partial charge in [-0.3, -0.25) is 0 Å². The Kier molecular flexibility index (Phi) is 4.30. The molecule has 0 aliphatic carbocycles. The minimum Gasteiger partial charge on any atom is -0.462 e. The number of rotatable bonds is 3. The Bertz CT molecular complexity index is 459. The maximum absolute atomic E-state index is 12.1. The van der Waals surface area contributed by atoms with Crippen LogP contribution in [0.4, 0.5) is 11.4 Å².